The summed E-state index contributed by atoms with van der Waals surface area (Å²) in [4.78, 5) is 14.2. The van der Waals surface area contributed by atoms with Gasteiger partial charge in [-0.05, 0) is 31.5 Å². The summed E-state index contributed by atoms with van der Waals surface area (Å²) in [6.45, 7) is 4.70. The standard InChI is InChI=1S/C15H19N3O/c1-4-18-10-12(16)9-14(18)15(19)17(3)13-8-6-5-7-11(13)2/h5-10H,4,16H2,1-3H3. The van der Waals surface area contributed by atoms with Crippen molar-refractivity contribution in [1.29, 1.82) is 0 Å². The average molecular weight is 257 g/mol. The molecule has 1 aromatic heterocycles. The Morgan fingerprint density at radius 2 is 2.05 bits per heavy atom. The molecule has 2 rings (SSSR count). The largest absolute Gasteiger partial charge is 0.397 e. The third kappa shape index (κ3) is 2.47. The molecule has 19 heavy (non-hydrogen) atoms. The van der Waals surface area contributed by atoms with Gasteiger partial charge in [-0.2, -0.15) is 0 Å². The summed E-state index contributed by atoms with van der Waals surface area (Å²) in [5, 5.41) is 0. The molecule has 4 nitrogen and oxygen atoms in total. The van der Waals surface area contributed by atoms with Gasteiger partial charge in [0.15, 0.2) is 0 Å². The monoisotopic (exact) mass is 257 g/mol. The van der Waals surface area contributed by atoms with Crippen molar-refractivity contribution in [3.05, 3.63) is 47.8 Å². The molecule has 1 aromatic carbocycles. The van der Waals surface area contributed by atoms with E-state index >= 15 is 0 Å². The molecule has 2 aromatic rings. The normalized spacial score (nSPS) is 10.5. The van der Waals surface area contributed by atoms with E-state index in [0.717, 1.165) is 17.8 Å². The van der Waals surface area contributed by atoms with Crippen LogP contribution in [0.3, 0.4) is 0 Å². The summed E-state index contributed by atoms with van der Waals surface area (Å²) < 4.78 is 1.87. The fourth-order valence-electron chi connectivity index (χ4n) is 2.19. The number of anilines is 2. The molecule has 1 amide bonds. The lowest BCUT2D eigenvalue weighted by Gasteiger charge is -2.20. The van der Waals surface area contributed by atoms with E-state index in [1.807, 2.05) is 42.7 Å². The number of hydrogen-bond acceptors (Lipinski definition) is 2. The molecule has 1 heterocycles. The van der Waals surface area contributed by atoms with E-state index < -0.39 is 0 Å². The first-order chi connectivity index (χ1) is 9.04. The van der Waals surface area contributed by atoms with Crippen molar-refractivity contribution < 1.29 is 4.79 Å². The number of rotatable bonds is 3. The fraction of sp³-hybridized carbons (Fsp3) is 0.267. The Hall–Kier alpha value is -2.23. The van der Waals surface area contributed by atoms with Crippen molar-refractivity contribution in [3.63, 3.8) is 0 Å². The number of aromatic nitrogens is 1. The Bertz CT molecular complexity index is 601. The Balaban J connectivity index is 2.36. The van der Waals surface area contributed by atoms with E-state index in [4.69, 9.17) is 5.73 Å². The zero-order chi connectivity index (χ0) is 14.0. The quantitative estimate of drug-likeness (QED) is 0.919. The average Bonchev–Trinajstić information content (AvgIpc) is 2.79. The topological polar surface area (TPSA) is 51.3 Å². The lowest BCUT2D eigenvalue weighted by atomic mass is 10.2. The van der Waals surface area contributed by atoms with Crippen molar-refractivity contribution in [1.82, 2.24) is 4.57 Å². The van der Waals surface area contributed by atoms with Crippen molar-refractivity contribution in [3.8, 4) is 0 Å². The molecule has 4 heteroatoms. The van der Waals surface area contributed by atoms with E-state index in [2.05, 4.69) is 0 Å². The highest BCUT2D eigenvalue weighted by Gasteiger charge is 2.18. The van der Waals surface area contributed by atoms with Gasteiger partial charge in [-0.3, -0.25) is 4.79 Å². The zero-order valence-corrected chi connectivity index (χ0v) is 11.6. The first kappa shape index (κ1) is 13.2. The minimum atomic E-state index is -0.0483. The van der Waals surface area contributed by atoms with Crippen LogP contribution in [0, 0.1) is 6.92 Å². The van der Waals surface area contributed by atoms with Crippen LogP contribution in [-0.2, 0) is 6.54 Å². The SMILES string of the molecule is CCn1cc(N)cc1C(=O)N(C)c1ccccc1C. The summed E-state index contributed by atoms with van der Waals surface area (Å²) in [6, 6.07) is 9.55. The number of nitrogen functional groups attached to an aromatic ring is 1. The zero-order valence-electron chi connectivity index (χ0n) is 11.6. The molecule has 0 atom stereocenters. The van der Waals surface area contributed by atoms with Crippen LogP contribution in [0.15, 0.2) is 36.5 Å². The van der Waals surface area contributed by atoms with Crippen LogP contribution in [0.1, 0.15) is 23.0 Å². The second-order valence-corrected chi connectivity index (χ2v) is 4.60. The molecule has 0 radical (unpaired) electrons. The number of benzene rings is 1. The third-order valence-corrected chi connectivity index (χ3v) is 3.26. The molecule has 0 aliphatic rings. The summed E-state index contributed by atoms with van der Waals surface area (Å²) >= 11 is 0. The maximum Gasteiger partial charge on any atom is 0.274 e. The molecule has 0 fully saturated rings. The molecule has 2 N–H and O–H groups in total. The van der Waals surface area contributed by atoms with Crippen molar-refractivity contribution in [2.24, 2.45) is 0 Å². The number of hydrogen-bond donors (Lipinski definition) is 1. The highest BCUT2D eigenvalue weighted by atomic mass is 16.2. The first-order valence-electron chi connectivity index (χ1n) is 6.34. The summed E-state index contributed by atoms with van der Waals surface area (Å²) in [7, 11) is 1.79. The number of para-hydroxylation sites is 1. The van der Waals surface area contributed by atoms with Gasteiger partial charge < -0.3 is 15.2 Å². The Morgan fingerprint density at radius 1 is 1.37 bits per heavy atom. The smallest absolute Gasteiger partial charge is 0.274 e. The van der Waals surface area contributed by atoms with Gasteiger partial charge in [-0.1, -0.05) is 18.2 Å². The number of nitrogens with zero attached hydrogens (tertiary/aromatic N) is 2. The molecular formula is C15H19N3O. The van der Waals surface area contributed by atoms with E-state index in [1.54, 1.807) is 24.2 Å². The van der Waals surface area contributed by atoms with Crippen molar-refractivity contribution >= 4 is 17.3 Å². The van der Waals surface area contributed by atoms with E-state index in [-0.39, 0.29) is 5.91 Å². The molecule has 0 unspecified atom stereocenters. The second-order valence-electron chi connectivity index (χ2n) is 4.60. The predicted molar refractivity (Wildman–Crippen MR) is 78.4 cm³/mol. The van der Waals surface area contributed by atoms with Gasteiger partial charge in [0.05, 0.1) is 5.69 Å². The number of carbonyl (C=O) groups excluding carboxylic acids is 1. The lowest BCUT2D eigenvalue weighted by Crippen LogP contribution is -2.28. The maximum atomic E-state index is 12.5. The molecule has 0 aliphatic carbocycles. The predicted octanol–water partition coefficient (Wildman–Crippen LogP) is 2.68. The Kier molecular flexibility index (Phi) is 3.60. The van der Waals surface area contributed by atoms with Crippen LogP contribution in [-0.4, -0.2) is 17.5 Å². The summed E-state index contributed by atoms with van der Waals surface area (Å²) in [5.74, 6) is -0.0483. The fourth-order valence-corrected chi connectivity index (χ4v) is 2.19. The van der Waals surface area contributed by atoms with E-state index in [9.17, 15) is 4.79 Å². The van der Waals surface area contributed by atoms with Gasteiger partial charge >= 0.3 is 0 Å². The van der Waals surface area contributed by atoms with Crippen molar-refractivity contribution in [2.75, 3.05) is 17.7 Å². The number of carbonyl (C=O) groups is 1. The molecule has 0 aliphatic heterocycles. The molecule has 0 saturated carbocycles. The molecule has 0 spiro atoms. The van der Waals surface area contributed by atoms with Crippen LogP contribution >= 0.6 is 0 Å². The van der Waals surface area contributed by atoms with Crippen LogP contribution in [0.25, 0.3) is 0 Å². The lowest BCUT2D eigenvalue weighted by molar-refractivity contribution is 0.0984. The summed E-state index contributed by atoms with van der Waals surface area (Å²) in [6.07, 6.45) is 1.79. The van der Waals surface area contributed by atoms with Crippen LogP contribution < -0.4 is 10.6 Å². The number of amides is 1. The minimum Gasteiger partial charge on any atom is -0.397 e. The van der Waals surface area contributed by atoms with Crippen LogP contribution in [0.2, 0.25) is 0 Å². The molecule has 0 bridgehead atoms. The Morgan fingerprint density at radius 3 is 2.68 bits per heavy atom. The van der Waals surface area contributed by atoms with Crippen LogP contribution in [0.4, 0.5) is 11.4 Å². The van der Waals surface area contributed by atoms with Crippen molar-refractivity contribution in [2.45, 2.75) is 20.4 Å². The highest BCUT2D eigenvalue weighted by Crippen LogP contribution is 2.21. The maximum absolute atomic E-state index is 12.5. The second kappa shape index (κ2) is 5.18. The molecular weight excluding hydrogens is 238 g/mol. The van der Waals surface area contributed by atoms with Crippen LogP contribution in [0.5, 0.6) is 0 Å². The van der Waals surface area contributed by atoms with E-state index in [0.29, 0.717) is 11.4 Å². The van der Waals surface area contributed by atoms with Gasteiger partial charge in [0, 0.05) is 25.5 Å². The van der Waals surface area contributed by atoms with Gasteiger partial charge in [-0.15, -0.1) is 0 Å². The number of nitrogens with two attached hydrogens (primary N) is 1. The van der Waals surface area contributed by atoms with Gasteiger partial charge in [-0.25, -0.2) is 0 Å². The third-order valence-electron chi connectivity index (χ3n) is 3.26. The Labute approximate surface area is 113 Å². The van der Waals surface area contributed by atoms with Gasteiger partial charge in [0.1, 0.15) is 5.69 Å². The van der Waals surface area contributed by atoms with Gasteiger partial charge in [0.25, 0.3) is 5.91 Å². The highest BCUT2D eigenvalue weighted by molar-refractivity contribution is 6.05. The summed E-state index contributed by atoms with van der Waals surface area (Å²) in [5.41, 5.74) is 8.98. The minimum absolute atomic E-state index is 0.0483. The number of aryl methyl sites for hydroxylation is 2. The molecule has 100 valence electrons. The van der Waals surface area contributed by atoms with Gasteiger partial charge in [0.2, 0.25) is 0 Å². The first-order valence-corrected chi connectivity index (χ1v) is 6.34. The molecule has 0 saturated heterocycles. The van der Waals surface area contributed by atoms with E-state index in [1.165, 1.54) is 0 Å².